The van der Waals surface area contributed by atoms with E-state index in [2.05, 4.69) is 125 Å². The predicted molar refractivity (Wildman–Crippen MR) is 544 cm³/mol. The van der Waals surface area contributed by atoms with Gasteiger partial charge in [-0.2, -0.15) is 0 Å². The zero-order chi connectivity index (χ0) is 103. The number of carbonyl (C=O) groups is 7. The third kappa shape index (κ3) is 53.4. The van der Waals surface area contributed by atoms with E-state index in [-0.39, 0.29) is 112 Å². The number of nitrogens with one attached hydrogen (secondary N) is 3. The Morgan fingerprint density at radius 3 is 1.29 bits per heavy atom. The van der Waals surface area contributed by atoms with E-state index >= 15 is 0 Å². The molecule has 3 saturated heterocycles. The predicted octanol–water partition coefficient (Wildman–Crippen LogP) is 18.5. The van der Waals surface area contributed by atoms with E-state index in [0.717, 1.165) is 140 Å². The lowest BCUT2D eigenvalue weighted by Gasteiger charge is -2.42. The van der Waals surface area contributed by atoms with Crippen LogP contribution in [0.1, 0.15) is 307 Å². The summed E-state index contributed by atoms with van der Waals surface area (Å²) in [5.41, 5.74) is 7.89. The lowest BCUT2D eigenvalue weighted by Crippen LogP contribution is -2.57. The highest BCUT2D eigenvalue weighted by molar-refractivity contribution is 7.16. The van der Waals surface area contributed by atoms with Gasteiger partial charge < -0.3 is 75.6 Å². The second-order valence-electron chi connectivity index (χ2n) is 39.9. The van der Waals surface area contributed by atoms with Gasteiger partial charge in [0.15, 0.2) is 34.5 Å². The highest BCUT2D eigenvalue weighted by Crippen LogP contribution is 2.33. The number of alkyl halides is 2. The number of aryl methyl sites for hydroxylation is 2. The highest BCUT2D eigenvalue weighted by atomic mass is 35.5. The van der Waals surface area contributed by atoms with Gasteiger partial charge in [-0.15, -0.1) is 32.4 Å². The minimum absolute atomic E-state index is 0.0255. The third-order valence-electron chi connectivity index (χ3n) is 22.4. The number of nitrogens with two attached hydrogens (primary N) is 2. The molecule has 3 unspecified atom stereocenters. The van der Waals surface area contributed by atoms with Gasteiger partial charge in [0.1, 0.15) is 53.1 Å². The minimum Gasteiger partial charge on any atom is -0.503 e. The van der Waals surface area contributed by atoms with Gasteiger partial charge in [0.25, 0.3) is 11.8 Å². The number of hydrogen-bond donors (Lipinski definition) is 7. The van der Waals surface area contributed by atoms with E-state index in [1.165, 1.54) is 91.3 Å². The number of carbonyl (C=O) groups excluding carboxylic acids is 7. The van der Waals surface area contributed by atoms with E-state index in [4.69, 9.17) is 48.9 Å². The van der Waals surface area contributed by atoms with E-state index in [1.54, 1.807) is 9.80 Å². The van der Waals surface area contributed by atoms with Crippen molar-refractivity contribution in [1.29, 1.82) is 0 Å². The number of benzene rings is 2. The van der Waals surface area contributed by atoms with E-state index in [9.17, 15) is 70.9 Å². The molecule has 9 atom stereocenters. The molecule has 0 radical (unpaired) electrons. The molecule has 2 aromatic heterocycles. The molecule has 0 spiro atoms. The van der Waals surface area contributed by atoms with Gasteiger partial charge in [0.2, 0.25) is 10.9 Å². The first-order valence-corrected chi connectivity index (χ1v) is 50.9. The SMILES string of the molecule is C1CCOC1.CC(C)C=O.CC(C)CN1CC[C@@H](C)CN2C(=O)c3c(O)c(=O)c(C(=O)CCc4ccc(F)cc4F)cn3CC12.CC(C)CN1C[C@H](C)CCN2C(=O)c3c(O)c(=O)c(C(=O)CCc4ccc(F)cc4F)cn3CC12.CCP.CNCC[C@@H](C)CCC(=O)OC(C)(C)C.CNCC[C@@H](C)CCCC(C)C.CNCC[C@@H](C)CN.C[C@H](CCN)CCC(=O)OC(C)(C)C.ClCCl. The van der Waals surface area contributed by atoms with Crippen molar-refractivity contribution in [3.8, 4) is 11.5 Å². The maximum atomic E-state index is 14.0. The Balaban J connectivity index is 0.00000165. The van der Waals surface area contributed by atoms with Crippen molar-refractivity contribution in [3.63, 3.8) is 0 Å². The molecule has 0 saturated carbocycles. The molecule has 2 amide bonds. The van der Waals surface area contributed by atoms with Crippen LogP contribution in [0.25, 0.3) is 0 Å². The number of esters is 2. The molecule has 5 aliphatic heterocycles. The van der Waals surface area contributed by atoms with Crippen LogP contribution >= 0.6 is 32.4 Å². The minimum atomic E-state index is -0.908. The number of pyridine rings is 2. The van der Waals surface area contributed by atoms with E-state index in [0.29, 0.717) is 81.1 Å². The topological polar surface area (TPSA) is 333 Å². The number of aromatic hydroxyl groups is 2. The monoisotopic (exact) mass is 1970 g/mol. The zero-order valence-corrected chi connectivity index (χ0v) is 89.2. The summed E-state index contributed by atoms with van der Waals surface area (Å²) < 4.78 is 72.6. The van der Waals surface area contributed by atoms with Crippen molar-refractivity contribution in [2.45, 2.75) is 304 Å². The van der Waals surface area contributed by atoms with Gasteiger partial charge in [-0.25, -0.2) is 17.6 Å². The second-order valence-corrected chi connectivity index (χ2v) is 41.5. The number of aldehydes is 1. The number of aromatic nitrogens is 2. The van der Waals surface area contributed by atoms with Crippen LogP contribution in [-0.2, 0) is 54.5 Å². The summed E-state index contributed by atoms with van der Waals surface area (Å²) in [4.78, 5) is 119. The molecule has 5 aliphatic rings. The van der Waals surface area contributed by atoms with Crippen molar-refractivity contribution in [2.75, 3.05) is 118 Å². The maximum absolute atomic E-state index is 14.0. The second kappa shape index (κ2) is 70.0. The Bertz CT molecular complexity index is 4180. The van der Waals surface area contributed by atoms with Gasteiger partial charge in [0.05, 0.1) is 29.6 Å². The average molecular weight is 1970 g/mol. The van der Waals surface area contributed by atoms with Crippen LogP contribution in [0, 0.1) is 82.4 Å². The Hall–Kier alpha value is -6.76. The Labute approximate surface area is 819 Å². The number of ketones is 2. The van der Waals surface area contributed by atoms with Crippen molar-refractivity contribution in [3.05, 3.63) is 126 Å². The van der Waals surface area contributed by atoms with Crippen LogP contribution in [0.5, 0.6) is 11.5 Å². The molecule has 0 bridgehead atoms. The number of amides is 2. The molecule has 9 rings (SSSR count). The van der Waals surface area contributed by atoms with Crippen molar-refractivity contribution in [2.24, 2.45) is 70.6 Å². The maximum Gasteiger partial charge on any atom is 0.306 e. The molecule has 7 heterocycles. The summed E-state index contributed by atoms with van der Waals surface area (Å²) in [5, 5.41) is 30.9. The van der Waals surface area contributed by atoms with Crippen LogP contribution in [-0.4, -0.2) is 222 Å². The number of fused-ring (bicyclic) bond motifs is 4. The van der Waals surface area contributed by atoms with Gasteiger partial charge >= 0.3 is 11.9 Å². The summed E-state index contributed by atoms with van der Waals surface area (Å²) >= 11 is 9.53. The molecule has 774 valence electrons. The fourth-order valence-electron chi connectivity index (χ4n) is 15.0. The summed E-state index contributed by atoms with van der Waals surface area (Å²) in [6.07, 6.45) is 19.7. The lowest BCUT2D eigenvalue weighted by molar-refractivity contribution is -0.156. The van der Waals surface area contributed by atoms with Crippen molar-refractivity contribution < 1.29 is 75.5 Å². The van der Waals surface area contributed by atoms with Gasteiger partial charge in [-0.3, -0.25) is 48.2 Å². The van der Waals surface area contributed by atoms with Crippen LogP contribution in [0.3, 0.4) is 0 Å². The van der Waals surface area contributed by atoms with Gasteiger partial charge in [0, 0.05) is 109 Å². The molecule has 25 nitrogen and oxygen atoms in total. The number of Topliss-reactive ketones (excluding diaryl/α,β-unsaturated/α-hetero) is 2. The summed E-state index contributed by atoms with van der Waals surface area (Å²) in [7, 11) is 8.51. The summed E-state index contributed by atoms with van der Waals surface area (Å²) in [5.74, 6) is -1.48. The van der Waals surface area contributed by atoms with E-state index in [1.807, 2.05) is 76.5 Å². The zero-order valence-electron chi connectivity index (χ0n) is 86.6. The lowest BCUT2D eigenvalue weighted by atomic mass is 9.97. The number of hydrogen-bond acceptors (Lipinski definition) is 21. The van der Waals surface area contributed by atoms with Gasteiger partial charge in [-0.1, -0.05) is 135 Å². The van der Waals surface area contributed by atoms with Crippen LogP contribution in [0.4, 0.5) is 17.6 Å². The summed E-state index contributed by atoms with van der Waals surface area (Å²) in [6.45, 7) is 54.9. The largest absolute Gasteiger partial charge is 0.503 e. The fourth-order valence-corrected chi connectivity index (χ4v) is 15.0. The Morgan fingerprint density at radius 2 is 0.926 bits per heavy atom. The van der Waals surface area contributed by atoms with E-state index < -0.39 is 69.0 Å². The molecule has 9 N–H and O–H groups in total. The first kappa shape index (κ1) is 128. The Kier molecular flexibility index (Phi) is 66.5. The normalized spacial score (nSPS) is 17.1. The fraction of sp³-hybridized carbons (Fsp3) is 0.718. The molecular formula is C103H176Cl2F4N11O14P. The quantitative estimate of drug-likeness (QED) is 0.00562. The molecule has 2 aromatic carbocycles. The smallest absolute Gasteiger partial charge is 0.306 e. The van der Waals surface area contributed by atoms with Crippen LogP contribution in [0.2, 0.25) is 0 Å². The van der Waals surface area contributed by atoms with Gasteiger partial charge in [-0.05, 0) is 255 Å². The summed E-state index contributed by atoms with van der Waals surface area (Å²) in [6, 6.07) is 6.23. The molecule has 3 fully saturated rings. The third-order valence-corrected chi connectivity index (χ3v) is 22.4. The van der Waals surface area contributed by atoms with Crippen LogP contribution in [0.15, 0.2) is 58.4 Å². The Morgan fingerprint density at radius 1 is 0.548 bits per heavy atom. The first-order chi connectivity index (χ1) is 63.4. The molecule has 0 aliphatic carbocycles. The number of ether oxygens (including phenoxy) is 3. The highest BCUT2D eigenvalue weighted by Gasteiger charge is 2.43. The molecule has 135 heavy (non-hydrogen) atoms. The standard InChI is InChI=1S/2C26H31F2N3O4.C12H25NO2.C11H23NO2.C11H25N.C6H16N2.2C4H8O.C2H7P.CH2Cl2/c1-15(2)11-29-12-16(3)8-9-31-22(29)14-30-13-19(24(33)25(34)23(30)26(31)35)21(32)7-5-17-4-6-18(27)10-20(17)28;1-15(2)11-29-9-8-16(3)12-31-22(29)14-30-13-19(24(33)25(34)23(30)26(31)35)21(32)7-5-17-4-6-18(27)10-20(17)28;1-10(8-9-13-5)6-7-11(14)15-12(2,3)4;1-9(7-8-12)5-6-10(13)14-11(2,3)4;1-10(2)6-5-7-11(3)8-9-12-4;1-6(5-7)3-4-8-2;1-2-4-5-3-1;1-4(2)3-5;1-2-3;2-1-3/h2*4,6,10,13,15-16,22,34H,5,7-9,11-12,14H2,1-3H3;10,13H,6-9H2,1-5H3;9H,5-8,12H2,1-4H3;10-12H,5-9H2,1-4H3;6,8H,3-5,7H2,1-2H3;1-4H2;3-4H,1-2H3;2-3H2,1H3;1H2/t2*16-,22?;10-;9-;11-;6-;;;;/m110001..../s1. The number of nitrogens with zero attached hydrogens (tertiary/aromatic N) is 6. The first-order valence-electron chi connectivity index (χ1n) is 49.0. The van der Waals surface area contributed by atoms with Crippen LogP contribution < -0.4 is 38.3 Å². The van der Waals surface area contributed by atoms with Crippen molar-refractivity contribution in [1.82, 2.24) is 44.7 Å². The molecule has 32 heteroatoms. The number of rotatable bonds is 35. The number of halogens is 6. The molecular weight excluding hydrogens is 1790 g/mol. The average Bonchev–Trinajstić information content (AvgIpc) is 1.71. The van der Waals surface area contributed by atoms with Crippen molar-refractivity contribution >= 4 is 74.0 Å². The molecule has 4 aromatic rings.